The number of fused-ring (bicyclic) bond motifs is 6. The van der Waals surface area contributed by atoms with Gasteiger partial charge in [-0.05, 0) is 59.4 Å². The molecule has 210 valence electrons. The van der Waals surface area contributed by atoms with E-state index in [4.69, 9.17) is 0 Å². The third kappa shape index (κ3) is 4.23. The number of aryl methyl sites for hydroxylation is 1. The highest BCUT2D eigenvalue weighted by Gasteiger charge is 2.53. The van der Waals surface area contributed by atoms with Gasteiger partial charge in [0.05, 0.1) is 17.0 Å². The SMILES string of the molecule is CCCCc1cccc(-c2ccc3c(c2)-c2cccc[n+]2C(CC)(CC)C3CC2c3ccccc3-c3cccc[n+]32)c1. The minimum Gasteiger partial charge on any atom is -0.192 e. The van der Waals surface area contributed by atoms with Gasteiger partial charge in [-0.2, -0.15) is 9.13 Å². The lowest BCUT2D eigenvalue weighted by Crippen LogP contribution is -2.62. The van der Waals surface area contributed by atoms with Crippen molar-refractivity contribution in [2.45, 2.75) is 76.8 Å². The van der Waals surface area contributed by atoms with Gasteiger partial charge in [-0.1, -0.05) is 81.8 Å². The maximum atomic E-state index is 2.64. The second-order valence-electron chi connectivity index (χ2n) is 12.3. The van der Waals surface area contributed by atoms with Crippen molar-refractivity contribution in [3.05, 3.63) is 132 Å². The van der Waals surface area contributed by atoms with Crippen LogP contribution in [0.4, 0.5) is 0 Å². The second kappa shape index (κ2) is 11.0. The van der Waals surface area contributed by atoms with Crippen molar-refractivity contribution >= 4 is 0 Å². The van der Waals surface area contributed by atoms with Gasteiger partial charge >= 0.3 is 0 Å². The van der Waals surface area contributed by atoms with Gasteiger partial charge in [0.25, 0.3) is 0 Å². The third-order valence-electron chi connectivity index (χ3n) is 10.3. The lowest BCUT2D eigenvalue weighted by molar-refractivity contribution is -0.765. The molecule has 0 bridgehead atoms. The van der Waals surface area contributed by atoms with E-state index >= 15 is 0 Å². The molecule has 0 spiro atoms. The number of rotatable bonds is 8. The Bertz CT molecular complexity index is 1700. The summed E-state index contributed by atoms with van der Waals surface area (Å²) in [6, 6.07) is 39.3. The Morgan fingerprint density at radius 1 is 0.643 bits per heavy atom. The van der Waals surface area contributed by atoms with E-state index in [-0.39, 0.29) is 5.54 Å². The molecule has 0 radical (unpaired) electrons. The molecule has 3 aromatic carbocycles. The molecule has 0 saturated heterocycles. The van der Waals surface area contributed by atoms with Crippen molar-refractivity contribution in [1.29, 1.82) is 0 Å². The summed E-state index contributed by atoms with van der Waals surface area (Å²) in [6.07, 6.45) is 11.5. The number of nitrogens with zero attached hydrogens (tertiary/aromatic N) is 2. The topological polar surface area (TPSA) is 7.76 Å². The number of unbranched alkanes of at least 4 members (excludes halogenated alkanes) is 1. The summed E-state index contributed by atoms with van der Waals surface area (Å²) in [4.78, 5) is 0. The first-order chi connectivity index (χ1) is 20.7. The molecule has 2 atom stereocenters. The van der Waals surface area contributed by atoms with Crippen LogP contribution in [-0.4, -0.2) is 0 Å². The molecule has 2 aliphatic rings. The molecule has 0 aliphatic carbocycles. The standard InChI is InChI=1S/C40H42N2/c1-4-7-15-29-16-14-17-30(26-29)31-22-23-32-35(27-31)38-21-11-13-25-42(38)40(5-2,6-3)36(32)28-39-34-19-9-8-18-33(34)37-20-10-12-24-41(37)39/h8-14,16-27,36,39H,4-7,15,28H2,1-3H3/q+2. The number of aromatic nitrogens is 2. The number of hydrogen-bond donors (Lipinski definition) is 0. The van der Waals surface area contributed by atoms with E-state index in [0.29, 0.717) is 12.0 Å². The summed E-state index contributed by atoms with van der Waals surface area (Å²) in [5, 5.41) is 0. The van der Waals surface area contributed by atoms with Crippen molar-refractivity contribution in [3.63, 3.8) is 0 Å². The quantitative estimate of drug-likeness (QED) is 0.170. The van der Waals surface area contributed by atoms with E-state index in [1.807, 2.05) is 0 Å². The van der Waals surface area contributed by atoms with Crippen molar-refractivity contribution in [2.75, 3.05) is 0 Å². The normalized spacial score (nSPS) is 17.7. The van der Waals surface area contributed by atoms with Gasteiger partial charge < -0.3 is 0 Å². The van der Waals surface area contributed by atoms with Gasteiger partial charge in [0, 0.05) is 49.1 Å². The zero-order chi connectivity index (χ0) is 28.7. The lowest BCUT2D eigenvalue weighted by atomic mass is 9.67. The smallest absolute Gasteiger partial charge is 0.192 e. The molecule has 2 heteroatoms. The lowest BCUT2D eigenvalue weighted by Gasteiger charge is -2.40. The fourth-order valence-electron chi connectivity index (χ4n) is 8.08. The highest BCUT2D eigenvalue weighted by atomic mass is 15.1. The van der Waals surface area contributed by atoms with Crippen LogP contribution < -0.4 is 9.13 Å². The van der Waals surface area contributed by atoms with E-state index < -0.39 is 0 Å². The van der Waals surface area contributed by atoms with Gasteiger partial charge in [-0.3, -0.25) is 0 Å². The van der Waals surface area contributed by atoms with Crippen LogP contribution in [0.25, 0.3) is 33.6 Å². The number of pyridine rings is 2. The molecule has 42 heavy (non-hydrogen) atoms. The first kappa shape index (κ1) is 26.8. The monoisotopic (exact) mass is 550 g/mol. The fraction of sp³-hybridized carbons (Fsp3) is 0.300. The number of hydrogen-bond acceptors (Lipinski definition) is 0. The summed E-state index contributed by atoms with van der Waals surface area (Å²) in [7, 11) is 0. The molecule has 0 amide bonds. The van der Waals surface area contributed by atoms with Crippen molar-refractivity contribution in [2.24, 2.45) is 0 Å². The molecule has 0 fully saturated rings. The van der Waals surface area contributed by atoms with E-state index in [1.54, 1.807) is 0 Å². The second-order valence-corrected chi connectivity index (χ2v) is 12.3. The highest BCUT2D eigenvalue weighted by Crippen LogP contribution is 2.50. The summed E-state index contributed by atoms with van der Waals surface area (Å²) in [5.74, 6) is 0.379. The van der Waals surface area contributed by atoms with Crippen LogP contribution in [0, 0.1) is 0 Å². The zero-order valence-electron chi connectivity index (χ0n) is 25.3. The third-order valence-corrected chi connectivity index (χ3v) is 10.3. The predicted molar refractivity (Wildman–Crippen MR) is 172 cm³/mol. The molecule has 2 unspecified atom stereocenters. The summed E-state index contributed by atoms with van der Waals surface area (Å²) in [6.45, 7) is 7.06. The Balaban J connectivity index is 1.38. The average Bonchev–Trinajstić information content (AvgIpc) is 3.37. The molecule has 0 saturated carbocycles. The first-order valence-electron chi connectivity index (χ1n) is 16.0. The Hall–Kier alpha value is -4.04. The molecular weight excluding hydrogens is 508 g/mol. The van der Waals surface area contributed by atoms with Crippen LogP contribution in [0.5, 0.6) is 0 Å². The largest absolute Gasteiger partial charge is 0.213 e. The summed E-state index contributed by atoms with van der Waals surface area (Å²) < 4.78 is 5.17. The van der Waals surface area contributed by atoms with E-state index in [9.17, 15) is 0 Å². The molecule has 2 aliphatic heterocycles. The van der Waals surface area contributed by atoms with Crippen LogP contribution in [0.1, 0.15) is 81.5 Å². The first-order valence-corrected chi connectivity index (χ1v) is 16.0. The highest BCUT2D eigenvalue weighted by molar-refractivity contribution is 5.75. The van der Waals surface area contributed by atoms with E-state index in [2.05, 4.69) is 145 Å². The Kier molecular flexibility index (Phi) is 7.02. The molecule has 2 aromatic heterocycles. The maximum absolute atomic E-state index is 2.64. The van der Waals surface area contributed by atoms with Gasteiger partial charge in [-0.25, -0.2) is 0 Å². The average molecular weight is 551 g/mol. The van der Waals surface area contributed by atoms with E-state index in [0.717, 1.165) is 25.7 Å². The zero-order valence-corrected chi connectivity index (χ0v) is 25.3. The van der Waals surface area contributed by atoms with Crippen molar-refractivity contribution in [3.8, 4) is 33.6 Å². The van der Waals surface area contributed by atoms with Crippen LogP contribution in [-0.2, 0) is 12.0 Å². The molecular formula is C40H42N2+2. The molecule has 7 rings (SSSR count). The molecule has 0 N–H and O–H groups in total. The Morgan fingerprint density at radius 3 is 2.24 bits per heavy atom. The molecule has 2 nitrogen and oxygen atoms in total. The minimum absolute atomic E-state index is 0.0121. The van der Waals surface area contributed by atoms with Crippen LogP contribution >= 0.6 is 0 Å². The van der Waals surface area contributed by atoms with Crippen LogP contribution in [0.3, 0.4) is 0 Å². The molecule has 4 heterocycles. The number of benzene rings is 3. The Morgan fingerprint density at radius 2 is 1.40 bits per heavy atom. The fourth-order valence-corrected chi connectivity index (χ4v) is 8.08. The van der Waals surface area contributed by atoms with E-state index in [1.165, 1.54) is 63.2 Å². The summed E-state index contributed by atoms with van der Waals surface area (Å²) >= 11 is 0. The van der Waals surface area contributed by atoms with Crippen molar-refractivity contribution < 1.29 is 9.13 Å². The van der Waals surface area contributed by atoms with Gasteiger partial charge in [0.1, 0.15) is 0 Å². The van der Waals surface area contributed by atoms with Crippen LogP contribution in [0.15, 0.2) is 116 Å². The predicted octanol–water partition coefficient (Wildman–Crippen LogP) is 9.21. The summed E-state index contributed by atoms with van der Waals surface area (Å²) in [5.41, 5.74) is 12.5. The molecule has 5 aromatic rings. The van der Waals surface area contributed by atoms with Crippen molar-refractivity contribution in [1.82, 2.24) is 0 Å². The van der Waals surface area contributed by atoms with Gasteiger partial charge in [-0.15, -0.1) is 0 Å². The van der Waals surface area contributed by atoms with Crippen LogP contribution in [0.2, 0.25) is 0 Å². The van der Waals surface area contributed by atoms with Gasteiger partial charge in [0.2, 0.25) is 11.4 Å². The maximum Gasteiger partial charge on any atom is 0.213 e. The Labute approximate surface area is 251 Å². The van der Waals surface area contributed by atoms with Gasteiger partial charge in [0.15, 0.2) is 24.0 Å². The minimum atomic E-state index is 0.0121.